The van der Waals surface area contributed by atoms with Gasteiger partial charge >= 0.3 is 23.7 Å². The van der Waals surface area contributed by atoms with E-state index in [4.69, 9.17) is 37.4 Å². The van der Waals surface area contributed by atoms with E-state index in [1.165, 1.54) is 81.7 Å². The van der Waals surface area contributed by atoms with Crippen LogP contribution in [0.5, 0.6) is 0 Å². The lowest BCUT2D eigenvalue weighted by Crippen LogP contribution is -2.51. The van der Waals surface area contributed by atoms with E-state index in [9.17, 15) is 23.6 Å². The minimum absolute atomic E-state index is 0.160. The zero-order chi connectivity index (χ0) is 59.4. The van der Waals surface area contributed by atoms with Gasteiger partial charge in [-0.05, 0) is 167 Å². The number of thiazole rings is 2. The van der Waals surface area contributed by atoms with Crippen LogP contribution in [0, 0.1) is 11.8 Å². The molecule has 0 radical (unpaired) electrons. The molecule has 6 aromatic rings. The summed E-state index contributed by atoms with van der Waals surface area (Å²) >= 11 is 3.71. The molecule has 6 fully saturated rings. The van der Waals surface area contributed by atoms with Crippen LogP contribution < -0.4 is 27.4 Å². The van der Waals surface area contributed by atoms with Crippen molar-refractivity contribution in [1.29, 1.82) is 0 Å². The second-order valence-corrected chi connectivity index (χ2v) is 24.9. The highest BCUT2D eigenvalue weighted by molar-refractivity contribution is 7.19. The maximum atomic E-state index is 13.5. The van der Waals surface area contributed by atoms with Gasteiger partial charge in [0.1, 0.15) is 11.6 Å². The minimum Gasteiger partial charge on any atom is -0.474 e. The third-order valence-corrected chi connectivity index (χ3v) is 19.5. The SMILES string of the molecule is CCc1cc(NC(=O)C(=O)N2C[C@@H](C)CC[C@@H]2c2ccc3sc(C4CCN(C5COC5)CC4)nc3c2)cnc1N.CCc1cc(NC(=O)C(=O)O)cnc1N.C[C@H]1CC[C@H](c2ccc3sc(C4CCN(C5COC5)CC4)nc3c2)NC1.[2H]CF. The largest absolute Gasteiger partial charge is 0.474 e. The number of piperidine rings is 4. The topological polar surface area (TPSA) is 256 Å². The van der Waals surface area contributed by atoms with E-state index in [1.807, 2.05) is 25.2 Å². The van der Waals surface area contributed by atoms with Crippen LogP contribution in [0.3, 0.4) is 0 Å². The first-order valence-electron chi connectivity index (χ1n) is 30.0. The Hall–Kier alpha value is -6.27. The van der Waals surface area contributed by atoms with Crippen molar-refractivity contribution in [2.45, 2.75) is 128 Å². The molecule has 0 aliphatic carbocycles. The van der Waals surface area contributed by atoms with Crippen molar-refractivity contribution >= 4 is 89.8 Å². The van der Waals surface area contributed by atoms with Crippen molar-refractivity contribution in [3.05, 3.63) is 93.2 Å². The Bertz CT molecular complexity index is 3210. The summed E-state index contributed by atoms with van der Waals surface area (Å²) < 4.78 is 28.8. The van der Waals surface area contributed by atoms with Crippen molar-refractivity contribution < 1.29 is 39.5 Å². The molecule has 6 aliphatic heterocycles. The molecule has 10 heterocycles. The number of nitrogens with zero attached hydrogens (tertiary/aromatic N) is 7. The first-order chi connectivity index (χ1) is 40.6. The molecule has 19 nitrogen and oxygen atoms in total. The standard InChI is InChI=1S/C30H38N6O3S.C21H29N3OS.C9H11N3O3.CH3F/c1-3-19-12-22(14-32-27(19)31)33-28(37)30(38)36-15-18(2)4-6-25(36)21-5-7-26-24(13-21)34-29(40-26)20-8-10-35(11-9-20)23-16-39-17-23;1-14-2-4-18(22-11-14)16-3-5-20-19(10-16)23-21(26-20)15-6-8-24(9-7-15)17-12-25-13-17;1-2-5-3-6(4-11-7(5)10)12-8(13)9(14)15;1-2/h5,7,12-14,18,20,23,25H,3-4,6,8-11,15-17H2,1-2H3,(H2,31,32)(H,33,37);3,5,10,14-15,17-18,22H,2,4,6-9,11-13H2,1H3;3-4H,2H2,1H3,(H2,10,11)(H,12,13)(H,14,15);1H3/t18-,25+;14-,18+;;/m00../s1/i;;;1D. The first-order valence-corrected chi connectivity index (χ1v) is 30.9. The summed E-state index contributed by atoms with van der Waals surface area (Å²) in [6.45, 7) is 18.2. The molecule has 6 saturated heterocycles. The fourth-order valence-electron chi connectivity index (χ4n) is 11.8. The number of alkyl halides is 1. The number of anilines is 4. The summed E-state index contributed by atoms with van der Waals surface area (Å²) in [4.78, 5) is 72.7. The van der Waals surface area contributed by atoms with E-state index >= 15 is 0 Å². The predicted octanol–water partition coefficient (Wildman–Crippen LogP) is 9.12. The van der Waals surface area contributed by atoms with E-state index in [2.05, 4.69) is 86.0 Å². The number of nitrogens with one attached hydrogen (secondary N) is 3. The van der Waals surface area contributed by atoms with Crippen LogP contribution in [-0.4, -0.2) is 148 Å². The van der Waals surface area contributed by atoms with E-state index in [0.29, 0.717) is 78.3 Å². The number of ether oxygens (including phenoxy) is 2. The fourth-order valence-corrected chi connectivity index (χ4v) is 14.1. The number of carboxylic acids is 1. The minimum atomic E-state index is -1.54. The van der Waals surface area contributed by atoms with Crippen LogP contribution >= 0.6 is 22.7 Å². The van der Waals surface area contributed by atoms with Gasteiger partial charge in [0.25, 0.3) is 0 Å². The Morgan fingerprint density at radius 2 is 1.18 bits per heavy atom. The number of halogens is 1. The number of likely N-dealkylation sites (tertiary alicyclic amines) is 3. The zero-order valence-corrected chi connectivity index (χ0v) is 49.8. The number of nitrogen functional groups attached to an aromatic ring is 2. The lowest BCUT2D eigenvalue weighted by Gasteiger charge is -2.41. The second-order valence-electron chi connectivity index (χ2n) is 22.8. The number of rotatable bonds is 10. The number of hydrogen-bond donors (Lipinski definition) is 6. The van der Waals surface area contributed by atoms with Crippen LogP contribution in [-0.2, 0) is 41.5 Å². The third kappa shape index (κ3) is 15.2. The number of benzene rings is 2. The molecular formula is C61H81FN12O7S2. The zero-order valence-electron chi connectivity index (χ0n) is 49.1. The summed E-state index contributed by atoms with van der Waals surface area (Å²) in [7, 11) is -1.00. The summed E-state index contributed by atoms with van der Waals surface area (Å²) in [5.41, 5.74) is 18.5. The fraction of sp³-hybridized carbons (Fsp3) is 0.541. The number of carboxylic acid groups (broad SMARTS) is 1. The molecule has 446 valence electrons. The molecule has 0 spiro atoms. The number of carbonyl (C=O) groups is 4. The summed E-state index contributed by atoms with van der Waals surface area (Å²) in [5.74, 6) is -0.721. The maximum absolute atomic E-state index is 13.5. The molecule has 0 bridgehead atoms. The van der Waals surface area contributed by atoms with Crippen molar-refractivity contribution in [3.63, 3.8) is 0 Å². The number of hydrogen-bond acceptors (Lipinski definition) is 17. The predicted molar refractivity (Wildman–Crippen MR) is 326 cm³/mol. The first kappa shape index (κ1) is 59.9. The highest BCUT2D eigenvalue weighted by Crippen LogP contribution is 2.40. The van der Waals surface area contributed by atoms with Gasteiger partial charge in [0.15, 0.2) is 0 Å². The normalized spacial score (nSPS) is 22.1. The highest BCUT2D eigenvalue weighted by Gasteiger charge is 2.36. The average Bonchev–Trinajstić information content (AvgIpc) is 3.66. The Balaban J connectivity index is 0.000000164. The van der Waals surface area contributed by atoms with Crippen LogP contribution in [0.25, 0.3) is 20.4 Å². The van der Waals surface area contributed by atoms with E-state index in [0.717, 1.165) is 99.9 Å². The monoisotopic (exact) mass is 1180 g/mol. The lowest BCUT2D eigenvalue weighted by atomic mass is 9.89. The Labute approximate surface area is 494 Å². The van der Waals surface area contributed by atoms with Crippen LogP contribution in [0.1, 0.15) is 137 Å². The quantitative estimate of drug-likeness (QED) is 0.0699. The van der Waals surface area contributed by atoms with Crippen LogP contribution in [0.2, 0.25) is 0 Å². The van der Waals surface area contributed by atoms with Gasteiger partial charge in [-0.25, -0.2) is 24.7 Å². The van der Waals surface area contributed by atoms with E-state index in [-0.39, 0.29) is 6.04 Å². The van der Waals surface area contributed by atoms with Gasteiger partial charge in [-0.2, -0.15) is 0 Å². The van der Waals surface area contributed by atoms with Gasteiger partial charge < -0.3 is 46.9 Å². The molecule has 6 aliphatic rings. The van der Waals surface area contributed by atoms with Gasteiger partial charge in [-0.3, -0.25) is 28.6 Å². The number of amides is 3. The molecule has 3 amide bonds. The number of aryl methyl sites for hydroxylation is 2. The number of fused-ring (bicyclic) bond motifs is 2. The van der Waals surface area contributed by atoms with Gasteiger partial charge in [0.05, 0.1) is 107 Å². The van der Waals surface area contributed by atoms with Gasteiger partial charge in [-0.1, -0.05) is 39.8 Å². The number of aliphatic carboxylic acids is 1. The van der Waals surface area contributed by atoms with Crippen molar-refractivity contribution in [2.24, 2.45) is 11.8 Å². The van der Waals surface area contributed by atoms with Crippen LogP contribution in [0.15, 0.2) is 60.9 Å². The molecular weight excluding hydrogens is 1100 g/mol. The average molecular weight is 1180 g/mol. The smallest absolute Gasteiger partial charge is 0.394 e. The second kappa shape index (κ2) is 28.5. The molecule has 22 heteroatoms. The number of aromatic nitrogens is 4. The Morgan fingerprint density at radius 1 is 0.699 bits per heavy atom. The highest BCUT2D eigenvalue weighted by atomic mass is 32.1. The molecule has 4 atom stereocenters. The van der Waals surface area contributed by atoms with Crippen LogP contribution in [0.4, 0.5) is 27.4 Å². The van der Waals surface area contributed by atoms with E-state index < -0.39 is 30.8 Å². The molecule has 4 aromatic heterocycles. The van der Waals surface area contributed by atoms with Gasteiger partial charge in [0, 0.05) is 24.4 Å². The van der Waals surface area contributed by atoms with Crippen molar-refractivity contribution in [2.75, 3.05) is 95.0 Å². The summed E-state index contributed by atoms with van der Waals surface area (Å²) in [6.07, 6.45) is 13.3. The molecule has 12 rings (SSSR count). The van der Waals surface area contributed by atoms with Crippen molar-refractivity contribution in [3.8, 4) is 0 Å². The Kier molecular flexibility index (Phi) is 20.6. The van der Waals surface area contributed by atoms with Gasteiger partial charge in [-0.15, -0.1) is 22.7 Å². The molecule has 0 unspecified atom stereocenters. The number of nitrogens with two attached hydrogens (primary N) is 2. The lowest BCUT2D eigenvalue weighted by molar-refractivity contribution is -0.147. The molecule has 0 saturated carbocycles. The number of pyridine rings is 2. The Morgan fingerprint density at radius 3 is 1.64 bits per heavy atom. The number of carbonyl (C=O) groups excluding carboxylic acids is 3. The van der Waals surface area contributed by atoms with Gasteiger partial charge in [0.2, 0.25) is 0 Å². The summed E-state index contributed by atoms with van der Waals surface area (Å²) in [5, 5.41) is 19.6. The molecule has 8 N–H and O–H groups in total. The molecule has 83 heavy (non-hydrogen) atoms. The van der Waals surface area contributed by atoms with E-state index in [1.54, 1.807) is 28.4 Å². The summed E-state index contributed by atoms with van der Waals surface area (Å²) in [6, 6.07) is 18.3. The maximum Gasteiger partial charge on any atom is 0.394 e. The molecule has 2 aromatic carbocycles. The van der Waals surface area contributed by atoms with Crippen molar-refractivity contribution in [1.82, 2.24) is 40.0 Å². The third-order valence-electron chi connectivity index (χ3n) is 17.1.